The van der Waals surface area contributed by atoms with E-state index in [-0.39, 0.29) is 12.5 Å². The highest BCUT2D eigenvalue weighted by Gasteiger charge is 2.08. The smallest absolute Gasteiger partial charge is 0.322 e. The van der Waals surface area contributed by atoms with E-state index in [0.29, 0.717) is 23.1 Å². The highest BCUT2D eigenvalue weighted by molar-refractivity contribution is 6.30. The minimum Gasteiger partial charge on any atom is -0.480 e. The van der Waals surface area contributed by atoms with Crippen molar-refractivity contribution >= 4 is 29.3 Å². The molecule has 1 aromatic carbocycles. The quantitative estimate of drug-likeness (QED) is 0.587. The van der Waals surface area contributed by atoms with E-state index >= 15 is 0 Å². The number of nitrogens with one attached hydrogen (secondary N) is 2. The first-order chi connectivity index (χ1) is 12.6. The van der Waals surface area contributed by atoms with E-state index in [2.05, 4.69) is 25.6 Å². The third-order valence-electron chi connectivity index (χ3n) is 3.47. The number of aliphatic carboxylic acids is 1. The van der Waals surface area contributed by atoms with Crippen molar-refractivity contribution in [2.24, 2.45) is 0 Å². The molecule has 3 rings (SSSR count). The SMILES string of the molecule is O=C(O)CNc1nc(NCc2ccc(Cl)cc2)cc(-c2cccnc2)n1. The Bertz CT molecular complexity index is 888. The van der Waals surface area contributed by atoms with Crippen LogP contribution in [0, 0.1) is 0 Å². The maximum absolute atomic E-state index is 10.8. The molecule has 3 aromatic rings. The second kappa shape index (κ2) is 8.26. The fraction of sp³-hybridized carbons (Fsp3) is 0.111. The van der Waals surface area contributed by atoms with Crippen LogP contribution >= 0.6 is 11.6 Å². The van der Waals surface area contributed by atoms with E-state index in [9.17, 15) is 4.79 Å². The van der Waals surface area contributed by atoms with Crippen LogP contribution in [-0.4, -0.2) is 32.6 Å². The predicted molar refractivity (Wildman–Crippen MR) is 100 cm³/mol. The van der Waals surface area contributed by atoms with Crippen molar-refractivity contribution in [3.63, 3.8) is 0 Å². The number of aromatic nitrogens is 3. The van der Waals surface area contributed by atoms with E-state index < -0.39 is 5.97 Å². The lowest BCUT2D eigenvalue weighted by atomic mass is 10.2. The molecule has 0 radical (unpaired) electrons. The van der Waals surface area contributed by atoms with Gasteiger partial charge in [-0.25, -0.2) is 4.98 Å². The van der Waals surface area contributed by atoms with Crippen molar-refractivity contribution in [2.75, 3.05) is 17.2 Å². The van der Waals surface area contributed by atoms with Crippen LogP contribution in [0.2, 0.25) is 5.02 Å². The summed E-state index contributed by atoms with van der Waals surface area (Å²) >= 11 is 5.90. The molecule has 0 saturated carbocycles. The molecule has 0 aliphatic rings. The number of hydrogen-bond donors (Lipinski definition) is 3. The average Bonchev–Trinajstić information content (AvgIpc) is 2.66. The highest BCUT2D eigenvalue weighted by Crippen LogP contribution is 2.21. The van der Waals surface area contributed by atoms with Crippen LogP contribution in [0.25, 0.3) is 11.3 Å². The molecular weight excluding hydrogens is 354 g/mol. The molecule has 2 heterocycles. The maximum atomic E-state index is 10.8. The van der Waals surface area contributed by atoms with E-state index in [0.717, 1.165) is 11.1 Å². The fourth-order valence-electron chi connectivity index (χ4n) is 2.23. The van der Waals surface area contributed by atoms with E-state index in [1.165, 1.54) is 0 Å². The number of rotatable bonds is 7. The number of halogens is 1. The first-order valence-electron chi connectivity index (χ1n) is 7.83. The average molecular weight is 370 g/mol. The predicted octanol–water partition coefficient (Wildman–Crippen LogP) is 3.30. The Morgan fingerprint density at radius 2 is 1.92 bits per heavy atom. The number of carboxylic acids is 1. The van der Waals surface area contributed by atoms with Gasteiger partial charge in [-0.05, 0) is 29.8 Å². The summed E-state index contributed by atoms with van der Waals surface area (Å²) in [5, 5.41) is 15.4. The molecule has 2 aromatic heterocycles. The van der Waals surface area contributed by atoms with Crippen LogP contribution in [0.5, 0.6) is 0 Å². The van der Waals surface area contributed by atoms with Gasteiger partial charge in [0.15, 0.2) is 0 Å². The van der Waals surface area contributed by atoms with Crippen LogP contribution < -0.4 is 10.6 Å². The maximum Gasteiger partial charge on any atom is 0.322 e. The van der Waals surface area contributed by atoms with Crippen molar-refractivity contribution in [3.8, 4) is 11.3 Å². The molecule has 0 bridgehead atoms. The Balaban J connectivity index is 1.83. The summed E-state index contributed by atoms with van der Waals surface area (Å²) in [6.45, 7) is 0.270. The van der Waals surface area contributed by atoms with E-state index in [1.807, 2.05) is 36.4 Å². The molecule has 0 spiro atoms. The molecule has 26 heavy (non-hydrogen) atoms. The van der Waals surface area contributed by atoms with Gasteiger partial charge in [-0.1, -0.05) is 23.7 Å². The molecule has 7 nitrogen and oxygen atoms in total. The number of hydrogen-bond acceptors (Lipinski definition) is 6. The number of carboxylic acid groups (broad SMARTS) is 1. The first kappa shape index (κ1) is 17.6. The lowest BCUT2D eigenvalue weighted by Gasteiger charge is -2.11. The lowest BCUT2D eigenvalue weighted by Crippen LogP contribution is -2.15. The number of nitrogens with zero attached hydrogens (tertiary/aromatic N) is 3. The molecule has 0 unspecified atom stereocenters. The van der Waals surface area contributed by atoms with Crippen LogP contribution in [0.3, 0.4) is 0 Å². The molecule has 0 fully saturated rings. The number of anilines is 2. The summed E-state index contributed by atoms with van der Waals surface area (Å²) in [5.41, 5.74) is 2.48. The Labute approximate surface area is 155 Å². The number of carbonyl (C=O) groups is 1. The monoisotopic (exact) mass is 369 g/mol. The molecule has 0 atom stereocenters. The van der Waals surface area contributed by atoms with Crippen LogP contribution in [0.15, 0.2) is 54.9 Å². The van der Waals surface area contributed by atoms with Gasteiger partial charge in [-0.2, -0.15) is 4.98 Å². The van der Waals surface area contributed by atoms with E-state index in [4.69, 9.17) is 16.7 Å². The topological polar surface area (TPSA) is 100 Å². The first-order valence-corrected chi connectivity index (χ1v) is 8.21. The van der Waals surface area contributed by atoms with Gasteiger partial charge in [0.2, 0.25) is 5.95 Å². The third kappa shape index (κ3) is 4.90. The Kier molecular flexibility index (Phi) is 5.60. The summed E-state index contributed by atoms with van der Waals surface area (Å²) in [5.74, 6) is -0.190. The molecule has 3 N–H and O–H groups in total. The van der Waals surface area contributed by atoms with Crippen LogP contribution in [0.1, 0.15) is 5.56 Å². The zero-order chi connectivity index (χ0) is 18.4. The highest BCUT2D eigenvalue weighted by atomic mass is 35.5. The largest absolute Gasteiger partial charge is 0.480 e. The van der Waals surface area contributed by atoms with Crippen molar-refractivity contribution in [3.05, 3.63) is 65.4 Å². The normalized spacial score (nSPS) is 10.3. The summed E-state index contributed by atoms with van der Waals surface area (Å²) in [6.07, 6.45) is 3.36. The third-order valence-corrected chi connectivity index (χ3v) is 3.72. The van der Waals surface area contributed by atoms with Crippen molar-refractivity contribution in [1.82, 2.24) is 15.0 Å². The van der Waals surface area contributed by atoms with Crippen molar-refractivity contribution in [1.29, 1.82) is 0 Å². The summed E-state index contributed by atoms with van der Waals surface area (Å²) in [7, 11) is 0. The van der Waals surface area contributed by atoms with Gasteiger partial charge in [-0.3, -0.25) is 9.78 Å². The van der Waals surface area contributed by atoms with Crippen LogP contribution in [0.4, 0.5) is 11.8 Å². The summed E-state index contributed by atoms with van der Waals surface area (Å²) in [6, 6.07) is 12.9. The van der Waals surface area contributed by atoms with Gasteiger partial charge >= 0.3 is 5.97 Å². The molecule has 0 aliphatic heterocycles. The number of benzene rings is 1. The van der Waals surface area contributed by atoms with Crippen molar-refractivity contribution < 1.29 is 9.90 Å². The molecule has 8 heteroatoms. The summed E-state index contributed by atoms with van der Waals surface area (Å²) < 4.78 is 0. The van der Waals surface area contributed by atoms with Gasteiger partial charge in [0.05, 0.1) is 5.69 Å². The van der Waals surface area contributed by atoms with Crippen molar-refractivity contribution in [2.45, 2.75) is 6.54 Å². The molecule has 0 amide bonds. The molecular formula is C18H16ClN5O2. The zero-order valence-corrected chi connectivity index (χ0v) is 14.4. The van der Waals surface area contributed by atoms with Gasteiger partial charge < -0.3 is 15.7 Å². The standard InChI is InChI=1S/C18H16ClN5O2/c19-14-5-3-12(4-6-14)9-21-16-8-15(13-2-1-7-20-10-13)23-18(24-16)22-11-17(25)26/h1-8,10H,9,11H2,(H,25,26)(H2,21,22,23,24). The van der Waals surface area contributed by atoms with Gasteiger partial charge in [-0.15, -0.1) is 0 Å². The van der Waals surface area contributed by atoms with Gasteiger partial charge in [0.25, 0.3) is 0 Å². The second-order valence-corrected chi connectivity index (χ2v) is 5.87. The Morgan fingerprint density at radius 1 is 1.12 bits per heavy atom. The zero-order valence-electron chi connectivity index (χ0n) is 13.7. The van der Waals surface area contributed by atoms with Gasteiger partial charge in [0.1, 0.15) is 12.4 Å². The summed E-state index contributed by atoms with van der Waals surface area (Å²) in [4.78, 5) is 23.6. The second-order valence-electron chi connectivity index (χ2n) is 5.43. The minimum atomic E-state index is -0.990. The Hall–Kier alpha value is -3.19. The van der Waals surface area contributed by atoms with Gasteiger partial charge in [0, 0.05) is 35.6 Å². The fourth-order valence-corrected chi connectivity index (χ4v) is 2.35. The number of pyridine rings is 1. The molecule has 132 valence electrons. The van der Waals surface area contributed by atoms with Crippen LogP contribution in [-0.2, 0) is 11.3 Å². The molecule has 0 saturated heterocycles. The minimum absolute atomic E-state index is 0.229. The van der Waals surface area contributed by atoms with E-state index in [1.54, 1.807) is 18.5 Å². The lowest BCUT2D eigenvalue weighted by molar-refractivity contribution is -0.134. The molecule has 0 aliphatic carbocycles. The Morgan fingerprint density at radius 3 is 2.62 bits per heavy atom.